The molecule has 4 aromatic rings. The Labute approximate surface area is 307 Å². The topological polar surface area (TPSA) is 145 Å². The van der Waals surface area contributed by atoms with Crippen LogP contribution in [0.4, 0.5) is 10.5 Å². The molecule has 0 spiro atoms. The number of alkyl carbamates (subject to hydrolysis) is 1. The Morgan fingerprint density at radius 2 is 1.73 bits per heavy atom. The number of ether oxygens (including phenoxy) is 3. The maximum absolute atomic E-state index is 14.3. The van der Waals surface area contributed by atoms with Gasteiger partial charge in [0.05, 0.1) is 13.7 Å². The van der Waals surface area contributed by atoms with Gasteiger partial charge in [-0.15, -0.1) is 11.3 Å². The number of pyridine rings is 1. The molecule has 0 atom stereocenters. The van der Waals surface area contributed by atoms with Crippen LogP contribution in [0.3, 0.4) is 0 Å². The first kappa shape index (κ1) is 36.6. The summed E-state index contributed by atoms with van der Waals surface area (Å²) in [6, 6.07) is 14.4. The summed E-state index contributed by atoms with van der Waals surface area (Å²) < 4.78 is 16.7. The first-order valence-corrected chi connectivity index (χ1v) is 18.4. The van der Waals surface area contributed by atoms with Gasteiger partial charge in [0.15, 0.2) is 5.69 Å². The number of carbonyl (C=O) groups excluding carboxylic acids is 4. The van der Waals surface area contributed by atoms with Crippen LogP contribution in [0.1, 0.15) is 101 Å². The summed E-state index contributed by atoms with van der Waals surface area (Å²) in [5, 5.41) is 10.9. The summed E-state index contributed by atoms with van der Waals surface area (Å²) in [5.74, 6) is -0.952. The lowest BCUT2D eigenvalue weighted by Crippen LogP contribution is -2.36. The van der Waals surface area contributed by atoms with E-state index in [0.717, 1.165) is 59.2 Å². The van der Waals surface area contributed by atoms with Crippen LogP contribution in [0.2, 0.25) is 0 Å². The molecule has 2 aliphatic rings. The molecule has 1 fully saturated rings. The predicted molar refractivity (Wildman–Crippen MR) is 200 cm³/mol. The number of nitrogens with one attached hydrogen (secondary N) is 3. The molecule has 0 unspecified atom stereocenters. The molecule has 6 rings (SSSR count). The SMILES string of the molecule is COC(=O)c1nc(C(=O)NC2CCCCC2)ccc1-c1cc2c(cc1C(=O)Nc1ccc(CNC(=O)OC(C)(C)C)cc1C)-c1sccc1CCO2. The summed E-state index contributed by atoms with van der Waals surface area (Å²) in [6.45, 7) is 7.96. The van der Waals surface area contributed by atoms with Gasteiger partial charge in [-0.3, -0.25) is 9.59 Å². The van der Waals surface area contributed by atoms with Gasteiger partial charge in [-0.2, -0.15) is 0 Å². The third-order valence-corrected chi connectivity index (χ3v) is 10.1. The average molecular weight is 725 g/mol. The molecule has 1 saturated carbocycles. The first-order chi connectivity index (χ1) is 24.9. The summed E-state index contributed by atoms with van der Waals surface area (Å²) in [5.41, 5.74) is 4.48. The van der Waals surface area contributed by atoms with Gasteiger partial charge >= 0.3 is 12.1 Å². The van der Waals surface area contributed by atoms with Crippen molar-refractivity contribution in [3.63, 3.8) is 0 Å². The number of methoxy groups -OCH3 is 1. The van der Waals surface area contributed by atoms with E-state index in [1.807, 2.05) is 24.4 Å². The molecule has 2 aromatic heterocycles. The second-order valence-electron chi connectivity index (χ2n) is 14.1. The first-order valence-electron chi connectivity index (χ1n) is 17.6. The van der Waals surface area contributed by atoms with E-state index in [1.165, 1.54) is 7.11 Å². The van der Waals surface area contributed by atoms with Gasteiger partial charge in [0.1, 0.15) is 17.0 Å². The van der Waals surface area contributed by atoms with E-state index < -0.39 is 23.6 Å². The van der Waals surface area contributed by atoms with Crippen molar-refractivity contribution in [1.82, 2.24) is 15.6 Å². The predicted octanol–water partition coefficient (Wildman–Crippen LogP) is 7.85. The monoisotopic (exact) mass is 724 g/mol. The fourth-order valence-electron chi connectivity index (χ4n) is 6.54. The van der Waals surface area contributed by atoms with E-state index >= 15 is 0 Å². The quantitative estimate of drug-likeness (QED) is 0.156. The summed E-state index contributed by atoms with van der Waals surface area (Å²) in [7, 11) is 1.25. The number of thiophene rings is 1. The van der Waals surface area contributed by atoms with E-state index in [1.54, 1.807) is 62.4 Å². The van der Waals surface area contributed by atoms with Gasteiger partial charge < -0.3 is 30.2 Å². The minimum absolute atomic E-state index is 0.0576. The van der Waals surface area contributed by atoms with Gasteiger partial charge in [0.2, 0.25) is 0 Å². The molecule has 3 heterocycles. The third-order valence-electron chi connectivity index (χ3n) is 9.10. The van der Waals surface area contributed by atoms with Crippen molar-refractivity contribution in [2.24, 2.45) is 0 Å². The molecule has 1 aliphatic heterocycles. The van der Waals surface area contributed by atoms with E-state index in [9.17, 15) is 19.2 Å². The molecule has 2 aromatic carbocycles. The number of aryl methyl sites for hydroxylation is 1. The van der Waals surface area contributed by atoms with Crippen molar-refractivity contribution in [3.05, 3.63) is 87.6 Å². The average Bonchev–Trinajstić information content (AvgIpc) is 3.52. The molecule has 0 saturated heterocycles. The van der Waals surface area contributed by atoms with Crippen LogP contribution in [0.25, 0.3) is 21.6 Å². The van der Waals surface area contributed by atoms with Crippen LogP contribution in [-0.4, -0.2) is 54.2 Å². The zero-order chi connectivity index (χ0) is 37.0. The van der Waals surface area contributed by atoms with Crippen molar-refractivity contribution in [2.75, 3.05) is 19.0 Å². The van der Waals surface area contributed by atoms with Gasteiger partial charge in [-0.25, -0.2) is 14.6 Å². The molecule has 12 heteroatoms. The number of hydrogen-bond donors (Lipinski definition) is 3. The third kappa shape index (κ3) is 8.45. The molecule has 0 bridgehead atoms. The van der Waals surface area contributed by atoms with Crippen LogP contribution < -0.4 is 20.7 Å². The highest BCUT2D eigenvalue weighted by molar-refractivity contribution is 7.13. The second-order valence-corrected chi connectivity index (χ2v) is 15.0. The lowest BCUT2D eigenvalue weighted by Gasteiger charge is -2.22. The van der Waals surface area contributed by atoms with Gasteiger partial charge in [0.25, 0.3) is 11.8 Å². The Kier molecular flexibility index (Phi) is 10.9. The number of benzene rings is 2. The fourth-order valence-corrected chi connectivity index (χ4v) is 7.52. The Bertz CT molecular complexity index is 2010. The Hall–Kier alpha value is -5.23. The van der Waals surface area contributed by atoms with E-state index in [-0.39, 0.29) is 35.4 Å². The number of nitrogens with zero attached hydrogens (tertiary/aromatic N) is 1. The maximum atomic E-state index is 14.3. The zero-order valence-electron chi connectivity index (χ0n) is 30.1. The maximum Gasteiger partial charge on any atom is 0.407 e. The van der Waals surface area contributed by atoms with Crippen molar-refractivity contribution in [1.29, 1.82) is 0 Å². The molecule has 0 radical (unpaired) electrons. The smallest absolute Gasteiger partial charge is 0.407 e. The minimum Gasteiger partial charge on any atom is -0.493 e. The zero-order valence-corrected chi connectivity index (χ0v) is 31.0. The number of rotatable bonds is 8. The highest BCUT2D eigenvalue weighted by atomic mass is 32.1. The van der Waals surface area contributed by atoms with E-state index in [4.69, 9.17) is 14.2 Å². The highest BCUT2D eigenvalue weighted by Gasteiger charge is 2.28. The minimum atomic E-state index is -0.739. The number of anilines is 1. The van der Waals surface area contributed by atoms with E-state index in [2.05, 4.69) is 27.0 Å². The van der Waals surface area contributed by atoms with Gasteiger partial charge in [-0.05, 0) is 99.0 Å². The number of aromatic nitrogens is 1. The van der Waals surface area contributed by atoms with Crippen LogP contribution in [0.15, 0.2) is 53.9 Å². The van der Waals surface area contributed by atoms with Crippen molar-refractivity contribution < 1.29 is 33.4 Å². The normalized spacial score (nSPS) is 14.2. The molecule has 52 heavy (non-hydrogen) atoms. The number of carbonyl (C=O) groups is 4. The molecular formula is C40H44N4O7S. The number of fused-ring (bicyclic) bond motifs is 3. The largest absolute Gasteiger partial charge is 0.493 e. The van der Waals surface area contributed by atoms with E-state index in [0.29, 0.717) is 35.6 Å². The molecular weight excluding hydrogens is 681 g/mol. The molecule has 272 valence electrons. The lowest BCUT2D eigenvalue weighted by molar-refractivity contribution is 0.0522. The fraction of sp³-hybridized carbons (Fsp3) is 0.375. The van der Waals surface area contributed by atoms with Crippen molar-refractivity contribution >= 4 is 40.9 Å². The second kappa shape index (κ2) is 15.6. The Morgan fingerprint density at radius 1 is 0.942 bits per heavy atom. The summed E-state index contributed by atoms with van der Waals surface area (Å²) in [4.78, 5) is 58.6. The van der Waals surface area contributed by atoms with Gasteiger partial charge in [0, 0.05) is 51.8 Å². The standard InChI is InChI=1S/C40H44N4O7S/c1-23-19-24(22-41-39(48)51-40(2,3)4)11-13-31(23)44-36(45)29-20-30-33(50-17-15-25-16-18-52-35(25)30)21-28(29)27-12-14-32(43-34(27)38(47)49-5)37(46)42-26-9-7-6-8-10-26/h11-14,16,18-21,26H,6-10,15,17,22H2,1-5H3,(H,41,48)(H,42,46)(H,44,45). The molecule has 3 amide bonds. The van der Waals surface area contributed by atoms with Crippen LogP contribution in [0.5, 0.6) is 5.75 Å². The van der Waals surface area contributed by atoms with Crippen molar-refractivity contribution in [2.45, 2.75) is 84.4 Å². The number of hydrogen-bond acceptors (Lipinski definition) is 9. The summed E-state index contributed by atoms with van der Waals surface area (Å²) >= 11 is 1.57. The van der Waals surface area contributed by atoms with Gasteiger partial charge in [-0.1, -0.05) is 31.4 Å². The van der Waals surface area contributed by atoms with Crippen LogP contribution in [0, 0.1) is 6.92 Å². The Morgan fingerprint density at radius 3 is 2.46 bits per heavy atom. The summed E-state index contributed by atoms with van der Waals surface area (Å²) in [6.07, 6.45) is 5.25. The number of amides is 3. The lowest BCUT2D eigenvalue weighted by atomic mass is 9.93. The molecule has 3 N–H and O–H groups in total. The van der Waals surface area contributed by atoms with Crippen LogP contribution >= 0.6 is 11.3 Å². The van der Waals surface area contributed by atoms with Crippen LogP contribution in [-0.2, 0) is 22.4 Å². The highest BCUT2D eigenvalue weighted by Crippen LogP contribution is 2.43. The molecule has 11 nitrogen and oxygen atoms in total. The Balaban J connectivity index is 1.36. The number of esters is 1. The molecule has 1 aliphatic carbocycles. The van der Waals surface area contributed by atoms with Crippen molar-refractivity contribution in [3.8, 4) is 27.3 Å².